The van der Waals surface area contributed by atoms with Crippen molar-refractivity contribution >= 4 is 28.8 Å². The summed E-state index contributed by atoms with van der Waals surface area (Å²) >= 11 is 1.57. The number of amides is 2. The number of thiophene rings is 1. The summed E-state index contributed by atoms with van der Waals surface area (Å²) in [5.74, 6) is -1.08. The number of aryl methyl sites for hydroxylation is 1. The molecule has 1 aliphatic rings. The summed E-state index contributed by atoms with van der Waals surface area (Å²) in [6, 6.07) is 12.9. The van der Waals surface area contributed by atoms with Gasteiger partial charge in [-0.3, -0.25) is 9.59 Å². The molecule has 0 bridgehead atoms. The summed E-state index contributed by atoms with van der Waals surface area (Å²) in [4.78, 5) is 28.4. The number of fused-ring (bicyclic) bond motifs is 1. The molecule has 2 aromatic carbocycles. The summed E-state index contributed by atoms with van der Waals surface area (Å²) in [5, 5.41) is 0. The van der Waals surface area contributed by atoms with Gasteiger partial charge in [0.05, 0.1) is 22.4 Å². The van der Waals surface area contributed by atoms with Crippen LogP contribution in [0.15, 0.2) is 54.6 Å². The molecule has 0 atom stereocenters. The van der Waals surface area contributed by atoms with Crippen LogP contribution in [0.3, 0.4) is 0 Å². The van der Waals surface area contributed by atoms with Gasteiger partial charge in [-0.25, -0.2) is 4.90 Å². The van der Waals surface area contributed by atoms with Gasteiger partial charge in [-0.15, -0.1) is 11.3 Å². The van der Waals surface area contributed by atoms with E-state index in [1.54, 1.807) is 29.5 Å². The van der Waals surface area contributed by atoms with Gasteiger partial charge >= 0.3 is 6.18 Å². The minimum atomic E-state index is -4.48. The van der Waals surface area contributed by atoms with E-state index in [1.807, 2.05) is 19.1 Å². The van der Waals surface area contributed by atoms with E-state index in [2.05, 4.69) is 0 Å². The number of hydrogen-bond donors (Lipinski definition) is 0. The Morgan fingerprint density at radius 2 is 1.52 bits per heavy atom. The lowest BCUT2D eigenvalue weighted by atomic mass is 10.0. The molecule has 0 radical (unpaired) electrons. The van der Waals surface area contributed by atoms with Gasteiger partial charge < -0.3 is 0 Å². The van der Waals surface area contributed by atoms with E-state index in [1.165, 1.54) is 0 Å². The van der Waals surface area contributed by atoms with Crippen LogP contribution in [0, 0.1) is 6.92 Å². The van der Waals surface area contributed by atoms with Crippen LogP contribution in [-0.2, 0) is 6.18 Å². The Morgan fingerprint density at radius 1 is 0.852 bits per heavy atom. The molecule has 0 unspecified atom stereocenters. The zero-order valence-electron chi connectivity index (χ0n) is 14.0. The summed E-state index contributed by atoms with van der Waals surface area (Å²) in [5.41, 5.74) is 0.601. The highest BCUT2D eigenvalue weighted by atomic mass is 32.1. The van der Waals surface area contributed by atoms with Crippen molar-refractivity contribution in [3.05, 3.63) is 76.2 Å². The molecule has 1 aromatic heterocycles. The molecule has 4 rings (SSSR count). The van der Waals surface area contributed by atoms with Crippen molar-refractivity contribution in [1.82, 2.24) is 0 Å². The molecule has 1 aliphatic heterocycles. The molecule has 136 valence electrons. The third-order valence-electron chi connectivity index (χ3n) is 4.36. The molecule has 0 aliphatic carbocycles. The number of benzene rings is 2. The van der Waals surface area contributed by atoms with E-state index in [4.69, 9.17) is 0 Å². The van der Waals surface area contributed by atoms with Crippen molar-refractivity contribution < 1.29 is 22.8 Å². The number of hydrogen-bond acceptors (Lipinski definition) is 3. The van der Waals surface area contributed by atoms with Crippen LogP contribution in [0.1, 0.15) is 31.2 Å². The Bertz CT molecular complexity index is 1070. The lowest BCUT2D eigenvalue weighted by Gasteiger charge is -2.15. The van der Waals surface area contributed by atoms with Gasteiger partial charge in [-0.05, 0) is 61.0 Å². The number of rotatable bonds is 2. The van der Waals surface area contributed by atoms with Crippen LogP contribution < -0.4 is 4.90 Å². The molecule has 0 saturated heterocycles. The second-order valence-corrected chi connectivity index (χ2v) is 7.45. The molecule has 3 nitrogen and oxygen atoms in total. The zero-order valence-corrected chi connectivity index (χ0v) is 14.8. The van der Waals surface area contributed by atoms with Crippen molar-refractivity contribution in [3.63, 3.8) is 0 Å². The molecule has 7 heteroatoms. The highest BCUT2D eigenvalue weighted by molar-refractivity contribution is 7.15. The number of halogens is 3. The minimum Gasteiger partial charge on any atom is -0.268 e. The first-order chi connectivity index (χ1) is 12.8. The van der Waals surface area contributed by atoms with E-state index in [0.29, 0.717) is 0 Å². The van der Waals surface area contributed by atoms with E-state index in [-0.39, 0.29) is 16.8 Å². The van der Waals surface area contributed by atoms with E-state index < -0.39 is 23.6 Å². The summed E-state index contributed by atoms with van der Waals surface area (Å²) in [6.07, 6.45) is -4.48. The van der Waals surface area contributed by atoms with Crippen molar-refractivity contribution in [2.24, 2.45) is 0 Å². The molecule has 0 saturated carbocycles. The van der Waals surface area contributed by atoms with Crippen molar-refractivity contribution in [1.29, 1.82) is 0 Å². The zero-order chi connectivity index (χ0) is 19.3. The fourth-order valence-electron chi connectivity index (χ4n) is 3.02. The fourth-order valence-corrected chi connectivity index (χ4v) is 3.88. The number of anilines is 1. The van der Waals surface area contributed by atoms with Gasteiger partial charge in [0.2, 0.25) is 0 Å². The monoisotopic (exact) mass is 387 g/mol. The molecule has 2 heterocycles. The molecule has 2 amide bonds. The number of nitrogens with zero attached hydrogens (tertiary/aromatic N) is 1. The van der Waals surface area contributed by atoms with Crippen molar-refractivity contribution in [2.75, 3.05) is 4.90 Å². The van der Waals surface area contributed by atoms with Crippen molar-refractivity contribution in [2.45, 2.75) is 13.1 Å². The maximum Gasteiger partial charge on any atom is 0.416 e. The Morgan fingerprint density at radius 3 is 2.11 bits per heavy atom. The van der Waals surface area contributed by atoms with Gasteiger partial charge in [0, 0.05) is 9.75 Å². The third kappa shape index (κ3) is 2.94. The maximum absolute atomic E-state index is 12.8. The topological polar surface area (TPSA) is 37.4 Å². The first-order valence-electron chi connectivity index (χ1n) is 8.02. The highest BCUT2D eigenvalue weighted by Gasteiger charge is 2.37. The number of carbonyl (C=O) groups is 2. The molecular weight excluding hydrogens is 375 g/mol. The van der Waals surface area contributed by atoms with Gasteiger partial charge in [-0.1, -0.05) is 6.07 Å². The maximum atomic E-state index is 12.8. The Hall–Kier alpha value is -2.93. The molecule has 0 fully saturated rings. The highest BCUT2D eigenvalue weighted by Crippen LogP contribution is 2.35. The molecule has 3 aromatic rings. The van der Waals surface area contributed by atoms with Crippen LogP contribution in [0.5, 0.6) is 0 Å². The molecular formula is C20H12F3NO2S. The van der Waals surface area contributed by atoms with Crippen LogP contribution in [-0.4, -0.2) is 11.8 Å². The van der Waals surface area contributed by atoms with Gasteiger partial charge in [0.15, 0.2) is 0 Å². The molecule has 0 N–H and O–H groups in total. The van der Waals surface area contributed by atoms with Crippen LogP contribution in [0.25, 0.3) is 10.4 Å². The first-order valence-corrected chi connectivity index (χ1v) is 8.84. The smallest absolute Gasteiger partial charge is 0.268 e. The lowest BCUT2D eigenvalue weighted by Crippen LogP contribution is -2.29. The molecule has 27 heavy (non-hydrogen) atoms. The van der Waals surface area contributed by atoms with Gasteiger partial charge in [-0.2, -0.15) is 13.2 Å². The predicted molar refractivity (Wildman–Crippen MR) is 97.1 cm³/mol. The number of carbonyl (C=O) groups excluding carboxylic acids is 2. The lowest BCUT2D eigenvalue weighted by molar-refractivity contribution is -0.137. The summed E-state index contributed by atoms with van der Waals surface area (Å²) in [6.45, 7) is 1.97. The normalized spacial score (nSPS) is 14.0. The average Bonchev–Trinajstić information content (AvgIpc) is 3.16. The third-order valence-corrected chi connectivity index (χ3v) is 5.41. The summed E-state index contributed by atoms with van der Waals surface area (Å²) < 4.78 is 38.2. The van der Waals surface area contributed by atoms with E-state index in [9.17, 15) is 22.8 Å². The van der Waals surface area contributed by atoms with Crippen LogP contribution >= 0.6 is 11.3 Å². The SMILES string of the molecule is Cc1ccc(-c2ccc3c(c2)C(=O)N(c2ccc(C(F)(F)F)cc2)C3=O)s1. The minimum absolute atomic E-state index is 0.114. The van der Waals surface area contributed by atoms with Crippen LogP contribution in [0.4, 0.5) is 18.9 Å². The number of alkyl halides is 3. The standard InChI is InChI=1S/C20H12F3NO2S/c1-11-2-9-17(27-11)12-3-8-15-16(10-12)19(26)24(18(15)25)14-6-4-13(5-7-14)20(21,22)23/h2-10H,1H3. The first kappa shape index (κ1) is 17.5. The van der Waals surface area contributed by atoms with Crippen molar-refractivity contribution in [3.8, 4) is 10.4 Å². The Balaban J connectivity index is 1.71. The van der Waals surface area contributed by atoms with Gasteiger partial charge in [0.1, 0.15) is 0 Å². The summed E-state index contributed by atoms with van der Waals surface area (Å²) in [7, 11) is 0. The fraction of sp³-hybridized carbons (Fsp3) is 0.100. The van der Waals surface area contributed by atoms with Crippen LogP contribution in [0.2, 0.25) is 0 Å². The van der Waals surface area contributed by atoms with E-state index in [0.717, 1.165) is 44.5 Å². The molecule has 0 spiro atoms. The van der Waals surface area contributed by atoms with Gasteiger partial charge in [0.25, 0.3) is 11.8 Å². The largest absolute Gasteiger partial charge is 0.416 e. The average molecular weight is 387 g/mol. The number of imide groups is 1. The van der Waals surface area contributed by atoms with E-state index >= 15 is 0 Å². The Labute approximate surface area is 156 Å². The second kappa shape index (κ2) is 6.06. The second-order valence-electron chi connectivity index (χ2n) is 6.16. The predicted octanol–water partition coefficient (Wildman–Crippen LogP) is 5.54. The Kier molecular flexibility index (Phi) is 3.92. The quantitative estimate of drug-likeness (QED) is 0.541.